The second-order valence-electron chi connectivity index (χ2n) is 17.0. The quantitative estimate of drug-likeness (QED) is 0.0286. The van der Waals surface area contributed by atoms with Gasteiger partial charge in [0.05, 0.1) is 23.2 Å². The van der Waals surface area contributed by atoms with E-state index < -0.39 is 5.92 Å². The molecule has 1 aliphatic heterocycles. The Morgan fingerprint density at radius 1 is 0.896 bits per heavy atom. The molecule has 0 aliphatic carbocycles. The van der Waals surface area contributed by atoms with Gasteiger partial charge in [-0.2, -0.15) is 0 Å². The van der Waals surface area contributed by atoms with Crippen molar-refractivity contribution in [3.05, 3.63) is 93.9 Å². The van der Waals surface area contributed by atoms with Crippen molar-refractivity contribution in [2.75, 3.05) is 73.7 Å². The van der Waals surface area contributed by atoms with E-state index >= 15 is 0 Å². The van der Waals surface area contributed by atoms with Crippen LogP contribution in [0.25, 0.3) is 21.7 Å². The number of benzene rings is 3. The second-order valence-corrected chi connectivity index (χ2v) is 18.5. The molecule has 0 saturated carbocycles. The molecular weight excluding hydrogens is 888 g/mol. The number of nitrogens with one attached hydrogen (secondary N) is 5. The zero-order valence-electron chi connectivity index (χ0n) is 38.6. The number of anilines is 5. The lowest BCUT2D eigenvalue weighted by molar-refractivity contribution is -0.122. The Labute approximate surface area is 400 Å². The largest absolute Gasteiger partial charge is 0.464 e. The van der Waals surface area contributed by atoms with E-state index in [9.17, 15) is 19.2 Å². The first-order valence-corrected chi connectivity index (χ1v) is 24.5. The highest BCUT2D eigenvalue weighted by atomic mass is 35.5. The van der Waals surface area contributed by atoms with Gasteiger partial charge in [-0.1, -0.05) is 66.5 Å². The van der Waals surface area contributed by atoms with Crippen LogP contribution in [0.1, 0.15) is 96.7 Å². The summed E-state index contributed by atoms with van der Waals surface area (Å²) in [5.41, 5.74) is 4.05. The summed E-state index contributed by atoms with van der Waals surface area (Å²) in [5, 5.41) is 19.5. The number of aromatic nitrogens is 3. The summed E-state index contributed by atoms with van der Waals surface area (Å²) in [6.45, 7) is 9.93. The lowest BCUT2D eigenvalue weighted by Crippen LogP contribution is -2.47. The first-order chi connectivity index (χ1) is 32.6. The molecule has 67 heavy (non-hydrogen) atoms. The van der Waals surface area contributed by atoms with Crippen molar-refractivity contribution >= 4 is 96.8 Å². The van der Waals surface area contributed by atoms with E-state index in [4.69, 9.17) is 21.0 Å². The van der Waals surface area contributed by atoms with E-state index in [0.717, 1.165) is 135 Å². The highest BCUT2D eigenvalue weighted by Gasteiger charge is 2.22. The fourth-order valence-electron chi connectivity index (χ4n) is 8.42. The van der Waals surface area contributed by atoms with Crippen LogP contribution in [0.4, 0.5) is 28.1 Å². The molecular formula is C50H61ClN10O5S. The Kier molecular flexibility index (Phi) is 17.5. The zero-order valence-corrected chi connectivity index (χ0v) is 40.2. The predicted octanol–water partition coefficient (Wildman–Crippen LogP) is 9.38. The van der Waals surface area contributed by atoms with Gasteiger partial charge in [0.1, 0.15) is 34.2 Å². The van der Waals surface area contributed by atoms with E-state index in [1.807, 2.05) is 44.2 Å². The van der Waals surface area contributed by atoms with Gasteiger partial charge in [0, 0.05) is 87.8 Å². The number of hydrogen-bond donors (Lipinski definition) is 5. The van der Waals surface area contributed by atoms with Gasteiger partial charge in [-0.05, 0) is 93.1 Å². The van der Waals surface area contributed by atoms with E-state index in [1.165, 1.54) is 11.3 Å². The Bertz CT molecular complexity index is 2620. The minimum absolute atomic E-state index is 0.0907. The smallest absolute Gasteiger partial charge is 0.267 e. The molecule has 6 aromatic rings. The third kappa shape index (κ3) is 13.5. The number of rotatable bonds is 24. The Hall–Kier alpha value is -6.10. The molecule has 1 saturated heterocycles. The van der Waals surface area contributed by atoms with Crippen LogP contribution in [0.3, 0.4) is 0 Å². The van der Waals surface area contributed by atoms with E-state index in [2.05, 4.69) is 64.6 Å². The molecule has 0 radical (unpaired) electrons. The van der Waals surface area contributed by atoms with Gasteiger partial charge < -0.3 is 40.7 Å². The number of furan rings is 1. The van der Waals surface area contributed by atoms with Crippen molar-refractivity contribution in [3.8, 4) is 0 Å². The van der Waals surface area contributed by atoms with Crippen LogP contribution in [-0.4, -0.2) is 96.7 Å². The van der Waals surface area contributed by atoms with Crippen molar-refractivity contribution in [2.45, 2.75) is 84.0 Å². The molecule has 1 fully saturated rings. The number of thiazole rings is 1. The number of unbranched alkanes of at least 4 members (excludes halogenated alkanes) is 5. The standard InChI is InChI=1S/C50H61ClN10O5S/c1-33-12-11-13-40(51)48(33)59-49(65)42-30-55-50(67-42)58-43-29-44(57-34(2)56-43)61-26-24-60(25-27-61)23-10-6-7-14-46(64)54-22-9-5-4-8-21-53-37-17-18-38-35(28-37)15-19-41-47(38)39(32-66-41)36(31-62)16-20-45(63)52-3/h11-13,15,17-19,28-32,36,53H,4-10,14,16,20-27H2,1-3H3,(H,52,63)(H,54,64)(H,59,65)(H,55,56,57,58). The summed E-state index contributed by atoms with van der Waals surface area (Å²) in [5.74, 6) is 1.48. The highest BCUT2D eigenvalue weighted by Crippen LogP contribution is 2.36. The third-order valence-electron chi connectivity index (χ3n) is 12.2. The van der Waals surface area contributed by atoms with Gasteiger partial charge in [-0.3, -0.25) is 19.3 Å². The third-order valence-corrected chi connectivity index (χ3v) is 13.4. The van der Waals surface area contributed by atoms with Crippen LogP contribution in [0.2, 0.25) is 5.02 Å². The van der Waals surface area contributed by atoms with Crippen molar-refractivity contribution in [3.63, 3.8) is 0 Å². The van der Waals surface area contributed by atoms with E-state index in [-0.39, 0.29) is 24.1 Å². The maximum absolute atomic E-state index is 12.9. The summed E-state index contributed by atoms with van der Waals surface area (Å²) in [4.78, 5) is 68.1. The van der Waals surface area contributed by atoms with Crippen LogP contribution in [-0.2, 0) is 14.4 Å². The van der Waals surface area contributed by atoms with Crippen LogP contribution in [0, 0.1) is 13.8 Å². The van der Waals surface area contributed by atoms with Crippen LogP contribution in [0.15, 0.2) is 71.5 Å². The summed E-state index contributed by atoms with van der Waals surface area (Å²) < 4.78 is 5.81. The number of aryl methyl sites for hydroxylation is 2. The molecule has 3 aromatic carbocycles. The zero-order chi connectivity index (χ0) is 47.1. The molecule has 7 rings (SSSR count). The maximum atomic E-state index is 12.9. The molecule has 1 atom stereocenters. The predicted molar refractivity (Wildman–Crippen MR) is 269 cm³/mol. The molecule has 3 amide bonds. The minimum atomic E-state index is -0.418. The van der Waals surface area contributed by atoms with Crippen molar-refractivity contribution in [2.24, 2.45) is 0 Å². The van der Waals surface area contributed by atoms with Gasteiger partial charge in [0.15, 0.2) is 5.13 Å². The van der Waals surface area contributed by atoms with Crippen LogP contribution in [0.5, 0.6) is 0 Å². The van der Waals surface area contributed by atoms with E-state index in [0.29, 0.717) is 51.7 Å². The summed E-state index contributed by atoms with van der Waals surface area (Å²) in [6.07, 6.45) is 12.5. The molecule has 3 aromatic heterocycles. The molecule has 1 aliphatic rings. The summed E-state index contributed by atoms with van der Waals surface area (Å²) >= 11 is 7.54. The highest BCUT2D eigenvalue weighted by molar-refractivity contribution is 7.17. The number of hydrogen-bond acceptors (Lipinski definition) is 13. The fraction of sp³-hybridized carbons (Fsp3) is 0.420. The monoisotopic (exact) mass is 948 g/mol. The SMILES string of the molecule is CNC(=O)CCC(C=O)c1coc2ccc3cc(NCCCCCCNC(=O)CCCCCN4CCN(c5cc(Nc6ncc(C(=O)Nc7c(C)cccc7Cl)s6)nc(C)n5)CC4)ccc3c12. The number of piperazine rings is 1. The molecule has 17 heteroatoms. The molecule has 354 valence electrons. The number of fused-ring (bicyclic) bond motifs is 3. The molecule has 4 heterocycles. The molecule has 1 unspecified atom stereocenters. The number of carbonyl (C=O) groups excluding carboxylic acids is 4. The topological polar surface area (TPSA) is 187 Å². The average molecular weight is 950 g/mol. The molecule has 0 bridgehead atoms. The van der Waals surface area contributed by atoms with Gasteiger partial charge in [-0.25, -0.2) is 15.0 Å². The van der Waals surface area contributed by atoms with E-state index in [1.54, 1.807) is 25.6 Å². The fourth-order valence-corrected chi connectivity index (χ4v) is 9.41. The Balaban J connectivity index is 0.727. The number of aldehydes is 1. The number of carbonyl (C=O) groups is 4. The summed E-state index contributed by atoms with van der Waals surface area (Å²) in [6, 6.07) is 17.6. The van der Waals surface area contributed by atoms with Crippen molar-refractivity contribution < 1.29 is 23.6 Å². The molecule has 15 nitrogen and oxygen atoms in total. The van der Waals surface area contributed by atoms with Gasteiger partial charge in [0.2, 0.25) is 11.8 Å². The average Bonchev–Trinajstić information content (AvgIpc) is 3.99. The first kappa shape index (κ1) is 48.8. The maximum Gasteiger partial charge on any atom is 0.267 e. The van der Waals surface area contributed by atoms with Crippen LogP contribution < -0.4 is 31.5 Å². The number of para-hydroxylation sites is 1. The first-order valence-electron chi connectivity index (χ1n) is 23.3. The molecule has 5 N–H and O–H groups in total. The minimum Gasteiger partial charge on any atom is -0.464 e. The number of nitrogens with zero attached hydrogens (tertiary/aromatic N) is 5. The van der Waals surface area contributed by atoms with Gasteiger partial charge in [0.25, 0.3) is 5.91 Å². The normalized spacial score (nSPS) is 13.4. The lowest BCUT2D eigenvalue weighted by atomic mass is 9.92. The number of halogens is 1. The van der Waals surface area contributed by atoms with Gasteiger partial charge in [-0.15, -0.1) is 0 Å². The molecule has 0 spiro atoms. The van der Waals surface area contributed by atoms with Crippen molar-refractivity contribution in [1.29, 1.82) is 0 Å². The number of amides is 3. The van der Waals surface area contributed by atoms with Crippen molar-refractivity contribution in [1.82, 2.24) is 30.5 Å². The lowest BCUT2D eigenvalue weighted by Gasteiger charge is -2.35. The van der Waals surface area contributed by atoms with Gasteiger partial charge >= 0.3 is 0 Å². The summed E-state index contributed by atoms with van der Waals surface area (Å²) in [7, 11) is 1.60. The Morgan fingerprint density at radius 3 is 2.49 bits per heavy atom. The van der Waals surface area contributed by atoms with Crippen LogP contribution >= 0.6 is 22.9 Å². The second kappa shape index (κ2) is 24.1. The Morgan fingerprint density at radius 2 is 1.70 bits per heavy atom.